The standard InChI is InChI=1S/C16H14ClN3O2S2/c1-8-3-4-10(17)5-11(8)18-12(21)7-24-16-19-14(22)13-9(2)6-23-15(13)20-16/h3-6H,7H2,1-2H3,(H,18,21)(H,19,20,22). The molecular formula is C16H14ClN3O2S2. The molecule has 2 N–H and O–H groups in total. The summed E-state index contributed by atoms with van der Waals surface area (Å²) in [6.07, 6.45) is 0. The van der Waals surface area contributed by atoms with Gasteiger partial charge in [-0.2, -0.15) is 0 Å². The Kier molecular flexibility index (Phi) is 4.93. The number of nitrogens with zero attached hydrogens (tertiary/aromatic N) is 1. The van der Waals surface area contributed by atoms with E-state index in [-0.39, 0.29) is 17.2 Å². The Bertz CT molecular complexity index is 981. The maximum atomic E-state index is 12.1. The van der Waals surface area contributed by atoms with Crippen LogP contribution in [0.1, 0.15) is 11.1 Å². The first-order valence-electron chi connectivity index (χ1n) is 7.11. The average Bonchev–Trinajstić information content (AvgIpc) is 2.91. The van der Waals surface area contributed by atoms with Crippen LogP contribution in [0.2, 0.25) is 5.02 Å². The number of hydrogen-bond acceptors (Lipinski definition) is 5. The van der Waals surface area contributed by atoms with E-state index in [1.165, 1.54) is 23.1 Å². The summed E-state index contributed by atoms with van der Waals surface area (Å²) in [6, 6.07) is 5.32. The van der Waals surface area contributed by atoms with E-state index in [9.17, 15) is 9.59 Å². The van der Waals surface area contributed by atoms with Crippen molar-refractivity contribution in [3.63, 3.8) is 0 Å². The van der Waals surface area contributed by atoms with E-state index in [1.807, 2.05) is 25.3 Å². The van der Waals surface area contributed by atoms with Crippen molar-refractivity contribution in [2.75, 3.05) is 11.1 Å². The topological polar surface area (TPSA) is 74.8 Å². The number of H-pyrrole nitrogens is 1. The minimum atomic E-state index is -0.185. The lowest BCUT2D eigenvalue weighted by Gasteiger charge is -2.08. The Balaban J connectivity index is 1.70. The fourth-order valence-electron chi connectivity index (χ4n) is 2.19. The number of aromatic amines is 1. The minimum Gasteiger partial charge on any atom is -0.325 e. The molecule has 124 valence electrons. The first-order chi connectivity index (χ1) is 11.4. The summed E-state index contributed by atoms with van der Waals surface area (Å²) in [5.41, 5.74) is 2.35. The third-order valence-electron chi connectivity index (χ3n) is 3.42. The lowest BCUT2D eigenvalue weighted by atomic mass is 10.2. The number of rotatable bonds is 4. The molecule has 0 aliphatic carbocycles. The monoisotopic (exact) mass is 379 g/mol. The van der Waals surface area contributed by atoms with Gasteiger partial charge in [0.2, 0.25) is 5.91 Å². The van der Waals surface area contributed by atoms with Crippen LogP contribution in [0, 0.1) is 13.8 Å². The number of thiophene rings is 1. The summed E-state index contributed by atoms with van der Waals surface area (Å²) in [7, 11) is 0. The normalized spacial score (nSPS) is 11.0. The van der Waals surface area contributed by atoms with Crippen LogP contribution < -0.4 is 10.9 Å². The molecule has 0 fully saturated rings. The van der Waals surface area contributed by atoms with Gasteiger partial charge in [0, 0.05) is 10.7 Å². The van der Waals surface area contributed by atoms with Gasteiger partial charge < -0.3 is 10.3 Å². The molecule has 2 aromatic heterocycles. The zero-order valence-corrected chi connectivity index (χ0v) is 15.4. The fourth-order valence-corrected chi connectivity index (χ4v) is 4.00. The van der Waals surface area contributed by atoms with Crippen LogP contribution in [0.15, 0.2) is 33.5 Å². The van der Waals surface area contributed by atoms with Gasteiger partial charge in [-0.15, -0.1) is 11.3 Å². The molecule has 0 atom stereocenters. The van der Waals surface area contributed by atoms with E-state index in [0.717, 1.165) is 11.1 Å². The van der Waals surface area contributed by atoms with Crippen LogP contribution in [0.4, 0.5) is 5.69 Å². The van der Waals surface area contributed by atoms with Crippen molar-refractivity contribution in [3.05, 3.63) is 50.1 Å². The highest BCUT2D eigenvalue weighted by molar-refractivity contribution is 7.99. The van der Waals surface area contributed by atoms with Gasteiger partial charge >= 0.3 is 0 Å². The molecule has 8 heteroatoms. The van der Waals surface area contributed by atoms with Crippen LogP contribution in [-0.4, -0.2) is 21.6 Å². The van der Waals surface area contributed by atoms with Crippen molar-refractivity contribution < 1.29 is 4.79 Å². The fraction of sp³-hybridized carbons (Fsp3) is 0.188. The minimum absolute atomic E-state index is 0.144. The predicted molar refractivity (Wildman–Crippen MR) is 101 cm³/mol. The van der Waals surface area contributed by atoms with E-state index in [0.29, 0.717) is 26.1 Å². The van der Waals surface area contributed by atoms with Gasteiger partial charge in [0.15, 0.2) is 5.16 Å². The molecule has 0 saturated carbocycles. The van der Waals surface area contributed by atoms with Gasteiger partial charge in [-0.3, -0.25) is 9.59 Å². The number of carbonyl (C=O) groups excluding carboxylic acids is 1. The molecule has 0 aliphatic rings. The first-order valence-corrected chi connectivity index (χ1v) is 9.35. The van der Waals surface area contributed by atoms with Crippen molar-refractivity contribution >= 4 is 56.5 Å². The lowest BCUT2D eigenvalue weighted by molar-refractivity contribution is -0.113. The summed E-state index contributed by atoms with van der Waals surface area (Å²) in [4.78, 5) is 32.0. The number of amides is 1. The second-order valence-corrected chi connectivity index (χ2v) is 7.52. The van der Waals surface area contributed by atoms with Crippen molar-refractivity contribution in [2.45, 2.75) is 19.0 Å². The molecule has 5 nitrogen and oxygen atoms in total. The van der Waals surface area contributed by atoms with Gasteiger partial charge in [0.1, 0.15) is 4.83 Å². The van der Waals surface area contributed by atoms with E-state index in [4.69, 9.17) is 11.6 Å². The second kappa shape index (κ2) is 6.96. The maximum Gasteiger partial charge on any atom is 0.260 e. The van der Waals surface area contributed by atoms with Crippen molar-refractivity contribution in [1.29, 1.82) is 0 Å². The second-order valence-electron chi connectivity index (χ2n) is 5.27. The summed E-state index contributed by atoms with van der Waals surface area (Å²) < 4.78 is 0. The Morgan fingerprint density at radius 1 is 1.38 bits per heavy atom. The SMILES string of the molecule is Cc1ccc(Cl)cc1NC(=O)CSc1nc2scc(C)c2c(=O)[nH]1. The molecule has 0 aliphatic heterocycles. The Morgan fingerprint density at radius 2 is 2.17 bits per heavy atom. The number of hydrogen-bond donors (Lipinski definition) is 2. The number of carbonyl (C=O) groups is 1. The van der Waals surface area contributed by atoms with Gasteiger partial charge in [0.25, 0.3) is 5.56 Å². The van der Waals surface area contributed by atoms with Crippen LogP contribution >= 0.6 is 34.7 Å². The molecule has 0 bridgehead atoms. The Morgan fingerprint density at radius 3 is 2.96 bits per heavy atom. The summed E-state index contributed by atoms with van der Waals surface area (Å²) in [5, 5.41) is 6.33. The quantitative estimate of drug-likeness (QED) is 0.531. The van der Waals surface area contributed by atoms with Crippen LogP contribution in [0.5, 0.6) is 0 Å². The first kappa shape index (κ1) is 17.0. The smallest absolute Gasteiger partial charge is 0.260 e. The number of fused-ring (bicyclic) bond motifs is 1. The Labute approximate surface area is 151 Å². The zero-order chi connectivity index (χ0) is 17.3. The average molecular weight is 380 g/mol. The Hall–Kier alpha value is -1.83. The predicted octanol–water partition coefficient (Wildman–Crippen LogP) is 3.99. The van der Waals surface area contributed by atoms with Gasteiger partial charge in [-0.05, 0) is 42.5 Å². The molecule has 0 radical (unpaired) electrons. The molecule has 3 aromatic rings. The number of anilines is 1. The van der Waals surface area contributed by atoms with E-state index >= 15 is 0 Å². The molecule has 1 amide bonds. The highest BCUT2D eigenvalue weighted by Crippen LogP contribution is 2.23. The van der Waals surface area contributed by atoms with Crippen LogP contribution in [0.25, 0.3) is 10.2 Å². The van der Waals surface area contributed by atoms with Crippen LogP contribution in [0.3, 0.4) is 0 Å². The van der Waals surface area contributed by atoms with Crippen LogP contribution in [-0.2, 0) is 4.79 Å². The highest BCUT2D eigenvalue weighted by Gasteiger charge is 2.11. The van der Waals surface area contributed by atoms with Crippen molar-refractivity contribution in [1.82, 2.24) is 9.97 Å². The molecule has 24 heavy (non-hydrogen) atoms. The maximum absolute atomic E-state index is 12.1. The summed E-state index contributed by atoms with van der Waals surface area (Å²) in [6.45, 7) is 3.77. The molecular weight excluding hydrogens is 366 g/mol. The molecule has 0 spiro atoms. The van der Waals surface area contributed by atoms with E-state index in [1.54, 1.807) is 12.1 Å². The van der Waals surface area contributed by atoms with Gasteiger partial charge in [-0.25, -0.2) is 4.98 Å². The molecule has 2 heterocycles. The molecule has 1 aromatic carbocycles. The number of aryl methyl sites for hydroxylation is 2. The number of halogens is 1. The molecule has 0 saturated heterocycles. The number of benzene rings is 1. The van der Waals surface area contributed by atoms with Crippen molar-refractivity contribution in [2.24, 2.45) is 0 Å². The number of aromatic nitrogens is 2. The third kappa shape index (κ3) is 3.63. The van der Waals surface area contributed by atoms with E-state index in [2.05, 4.69) is 15.3 Å². The van der Waals surface area contributed by atoms with Gasteiger partial charge in [0.05, 0.1) is 11.1 Å². The highest BCUT2D eigenvalue weighted by atomic mass is 35.5. The molecule has 3 rings (SSSR count). The van der Waals surface area contributed by atoms with Gasteiger partial charge in [-0.1, -0.05) is 29.4 Å². The summed E-state index contributed by atoms with van der Waals surface area (Å²) in [5.74, 6) is -0.0411. The lowest BCUT2D eigenvalue weighted by Crippen LogP contribution is -2.16. The largest absolute Gasteiger partial charge is 0.325 e. The number of nitrogens with one attached hydrogen (secondary N) is 2. The third-order valence-corrected chi connectivity index (χ3v) is 5.52. The summed E-state index contributed by atoms with van der Waals surface area (Å²) >= 11 is 8.56. The van der Waals surface area contributed by atoms with E-state index < -0.39 is 0 Å². The zero-order valence-electron chi connectivity index (χ0n) is 13.0. The molecule has 0 unspecified atom stereocenters. The van der Waals surface area contributed by atoms with Crippen molar-refractivity contribution in [3.8, 4) is 0 Å². The number of thioether (sulfide) groups is 1.